The second kappa shape index (κ2) is 6.07. The van der Waals surface area contributed by atoms with Crippen LogP contribution in [0.25, 0.3) is 0 Å². The molecule has 10 nitrogen and oxygen atoms in total. The molecular formula is C14H20N4O6S. The van der Waals surface area contributed by atoms with E-state index in [1.165, 1.54) is 19.0 Å². The third kappa shape index (κ3) is 2.81. The molecule has 0 N–H and O–H groups in total. The topological polar surface area (TPSA) is 111 Å². The van der Waals surface area contributed by atoms with Crippen molar-refractivity contribution in [1.82, 2.24) is 18.3 Å². The number of aromatic nitrogens is 2. The van der Waals surface area contributed by atoms with Gasteiger partial charge in [-0.1, -0.05) is 0 Å². The molecule has 138 valence electrons. The number of nitrogens with zero attached hydrogens (tertiary/aromatic N) is 4. The monoisotopic (exact) mass is 372 g/mol. The Bertz CT molecular complexity index is 934. The highest BCUT2D eigenvalue weighted by atomic mass is 32.2. The van der Waals surface area contributed by atoms with E-state index >= 15 is 0 Å². The van der Waals surface area contributed by atoms with E-state index in [9.17, 15) is 22.8 Å². The number of hydrogen-bond acceptors (Lipinski definition) is 6. The number of sulfonamides is 1. The number of hydrogen-bond donors (Lipinski definition) is 0. The largest absolute Gasteiger partial charge is 0.378 e. The van der Waals surface area contributed by atoms with Crippen molar-refractivity contribution in [3.05, 3.63) is 27.0 Å². The van der Waals surface area contributed by atoms with Gasteiger partial charge in [0.1, 0.15) is 0 Å². The SMILES string of the molecule is CN1C(=O)[C@H]2COC[C@@H]1CN(S(=O)(=O)c1cn(C)c(=O)n(C)c1=O)C2. The Morgan fingerprint density at radius 1 is 1.08 bits per heavy atom. The Morgan fingerprint density at radius 3 is 2.44 bits per heavy atom. The Morgan fingerprint density at radius 2 is 1.76 bits per heavy atom. The lowest BCUT2D eigenvalue weighted by Gasteiger charge is -2.28. The van der Waals surface area contributed by atoms with E-state index in [0.29, 0.717) is 0 Å². The standard InChI is InChI=1S/C14H20N4O6S/c1-15-6-11(13(20)17(3)14(15)21)25(22,23)18-4-9-7-24-8-10(5-18)16(2)12(9)19/h6,9-10H,4-5,7-8H2,1-3H3/t9-,10+/m1/s1. The van der Waals surface area contributed by atoms with E-state index in [-0.39, 0.29) is 32.2 Å². The zero-order valence-electron chi connectivity index (χ0n) is 14.2. The van der Waals surface area contributed by atoms with Crippen LogP contribution in [0.2, 0.25) is 0 Å². The second-order valence-corrected chi connectivity index (χ2v) is 8.32. The molecule has 0 radical (unpaired) electrons. The highest BCUT2D eigenvalue weighted by Gasteiger charge is 2.42. The Balaban J connectivity index is 2.09. The molecule has 2 aliphatic rings. The minimum absolute atomic E-state index is 0.0348. The van der Waals surface area contributed by atoms with Crippen LogP contribution in [0.3, 0.4) is 0 Å². The molecule has 3 rings (SSSR count). The lowest BCUT2D eigenvalue weighted by molar-refractivity contribution is -0.133. The van der Waals surface area contributed by atoms with Gasteiger partial charge in [0.05, 0.1) is 25.2 Å². The van der Waals surface area contributed by atoms with E-state index in [2.05, 4.69) is 0 Å². The summed E-state index contributed by atoms with van der Waals surface area (Å²) in [5.41, 5.74) is -1.49. The van der Waals surface area contributed by atoms with Gasteiger partial charge in [0.2, 0.25) is 15.9 Å². The first kappa shape index (κ1) is 17.8. The molecule has 2 bridgehead atoms. The summed E-state index contributed by atoms with van der Waals surface area (Å²) in [5, 5.41) is 0. The fourth-order valence-corrected chi connectivity index (χ4v) is 4.82. The van der Waals surface area contributed by atoms with Crippen LogP contribution >= 0.6 is 0 Å². The van der Waals surface area contributed by atoms with Gasteiger partial charge in [0.25, 0.3) is 5.56 Å². The number of carbonyl (C=O) groups is 1. The van der Waals surface area contributed by atoms with Crippen molar-refractivity contribution in [3.63, 3.8) is 0 Å². The normalized spacial score (nSPS) is 25.1. The van der Waals surface area contributed by atoms with Gasteiger partial charge in [0, 0.05) is 40.4 Å². The molecule has 2 aliphatic heterocycles. The molecular weight excluding hydrogens is 352 g/mol. The summed E-state index contributed by atoms with van der Waals surface area (Å²) in [5.74, 6) is -0.794. The maximum absolute atomic E-state index is 13.0. The molecule has 25 heavy (non-hydrogen) atoms. The molecule has 1 aromatic rings. The van der Waals surface area contributed by atoms with Crippen molar-refractivity contribution in [2.45, 2.75) is 10.9 Å². The fourth-order valence-electron chi connectivity index (χ4n) is 3.15. The third-order valence-electron chi connectivity index (χ3n) is 4.75. The molecule has 2 atom stereocenters. The van der Waals surface area contributed by atoms with Gasteiger partial charge in [-0.15, -0.1) is 0 Å². The summed E-state index contributed by atoms with van der Waals surface area (Å²) in [6, 6.07) is -0.425. The van der Waals surface area contributed by atoms with Crippen molar-refractivity contribution < 1.29 is 17.9 Å². The van der Waals surface area contributed by atoms with Crippen LogP contribution < -0.4 is 11.2 Å². The van der Waals surface area contributed by atoms with E-state index in [1.807, 2.05) is 0 Å². The second-order valence-electron chi connectivity index (χ2n) is 6.41. The molecule has 3 heterocycles. The molecule has 2 fully saturated rings. The Kier molecular flexibility index (Phi) is 4.33. The number of carbonyl (C=O) groups excluding carboxylic acids is 1. The summed E-state index contributed by atoms with van der Waals surface area (Å²) in [6.07, 6.45) is 1.03. The van der Waals surface area contributed by atoms with Crippen LogP contribution in [-0.2, 0) is 33.7 Å². The summed E-state index contributed by atoms with van der Waals surface area (Å²) in [4.78, 5) is 37.5. The van der Waals surface area contributed by atoms with E-state index in [4.69, 9.17) is 4.74 Å². The summed E-state index contributed by atoms with van der Waals surface area (Å²) >= 11 is 0. The molecule has 0 aromatic carbocycles. The first-order valence-electron chi connectivity index (χ1n) is 7.76. The smallest absolute Gasteiger partial charge is 0.330 e. The average Bonchev–Trinajstić information content (AvgIpc) is 2.74. The Hall–Kier alpha value is -1.98. The first-order valence-corrected chi connectivity index (χ1v) is 9.20. The summed E-state index contributed by atoms with van der Waals surface area (Å²) in [7, 11) is 0.0665. The predicted octanol–water partition coefficient (Wildman–Crippen LogP) is -2.44. The van der Waals surface area contributed by atoms with Crippen molar-refractivity contribution in [3.8, 4) is 0 Å². The van der Waals surface area contributed by atoms with Gasteiger partial charge in [-0.05, 0) is 0 Å². The highest BCUT2D eigenvalue weighted by Crippen LogP contribution is 2.23. The fraction of sp³-hybridized carbons (Fsp3) is 0.643. The average molecular weight is 372 g/mol. The van der Waals surface area contributed by atoms with E-state index in [0.717, 1.165) is 19.6 Å². The van der Waals surface area contributed by atoms with Crippen LogP contribution in [0.5, 0.6) is 0 Å². The number of rotatable bonds is 2. The number of aryl methyl sites for hydroxylation is 1. The van der Waals surface area contributed by atoms with Gasteiger partial charge in [-0.2, -0.15) is 4.31 Å². The number of ether oxygens (including phenoxy) is 1. The molecule has 11 heteroatoms. The van der Waals surface area contributed by atoms with Crippen molar-refractivity contribution >= 4 is 15.9 Å². The molecule has 2 saturated heterocycles. The minimum atomic E-state index is -4.16. The van der Waals surface area contributed by atoms with Crippen LogP contribution in [0.1, 0.15) is 0 Å². The minimum Gasteiger partial charge on any atom is -0.378 e. The van der Waals surface area contributed by atoms with Gasteiger partial charge < -0.3 is 14.2 Å². The van der Waals surface area contributed by atoms with Gasteiger partial charge in [0.15, 0.2) is 4.90 Å². The number of likely N-dealkylation sites (N-methyl/N-ethyl adjacent to an activating group) is 1. The number of amides is 1. The zero-order chi connectivity index (χ0) is 18.5. The Labute approximate surface area is 144 Å². The maximum Gasteiger partial charge on any atom is 0.330 e. The quantitative estimate of drug-likeness (QED) is 0.570. The van der Waals surface area contributed by atoms with Crippen molar-refractivity contribution in [1.29, 1.82) is 0 Å². The van der Waals surface area contributed by atoms with Gasteiger partial charge in [-0.25, -0.2) is 13.2 Å². The molecule has 1 amide bonds. The van der Waals surface area contributed by atoms with Gasteiger partial charge in [-0.3, -0.25) is 14.2 Å². The lowest BCUT2D eigenvalue weighted by atomic mass is 10.1. The predicted molar refractivity (Wildman–Crippen MR) is 86.5 cm³/mol. The van der Waals surface area contributed by atoms with Crippen LogP contribution in [0.4, 0.5) is 0 Å². The number of fused-ring (bicyclic) bond motifs is 3. The lowest BCUT2D eigenvalue weighted by Crippen LogP contribution is -2.47. The van der Waals surface area contributed by atoms with E-state index < -0.39 is 38.1 Å². The maximum atomic E-state index is 13.0. The molecule has 0 aliphatic carbocycles. The third-order valence-corrected chi connectivity index (χ3v) is 6.56. The van der Waals surface area contributed by atoms with E-state index in [1.54, 1.807) is 7.05 Å². The molecule has 0 spiro atoms. The van der Waals surface area contributed by atoms with Gasteiger partial charge >= 0.3 is 5.69 Å². The summed E-state index contributed by atoms with van der Waals surface area (Å²) < 4.78 is 34.5. The zero-order valence-corrected chi connectivity index (χ0v) is 15.0. The first-order chi connectivity index (χ1) is 11.6. The molecule has 1 aromatic heterocycles. The van der Waals surface area contributed by atoms with Crippen LogP contribution in [0, 0.1) is 5.92 Å². The molecule has 0 unspecified atom stereocenters. The molecule has 0 saturated carbocycles. The highest BCUT2D eigenvalue weighted by molar-refractivity contribution is 7.89. The van der Waals surface area contributed by atoms with Crippen molar-refractivity contribution in [2.75, 3.05) is 33.4 Å². The van der Waals surface area contributed by atoms with Crippen molar-refractivity contribution in [2.24, 2.45) is 20.0 Å². The van der Waals surface area contributed by atoms with Crippen LogP contribution in [-0.4, -0.2) is 72.1 Å². The summed E-state index contributed by atoms with van der Waals surface area (Å²) in [6.45, 7) is 0.341. The van der Waals surface area contributed by atoms with Crippen LogP contribution in [0.15, 0.2) is 20.7 Å².